The number of rotatable bonds is 8. The van der Waals surface area contributed by atoms with Gasteiger partial charge in [-0.25, -0.2) is 9.37 Å². The molecule has 0 amide bonds. The van der Waals surface area contributed by atoms with Crippen LogP contribution in [0.5, 0.6) is 0 Å². The second-order valence-electron chi connectivity index (χ2n) is 6.11. The van der Waals surface area contributed by atoms with Crippen molar-refractivity contribution in [2.75, 3.05) is 12.4 Å². The molecule has 29 heavy (non-hydrogen) atoms. The van der Waals surface area contributed by atoms with E-state index in [0.29, 0.717) is 21.6 Å². The van der Waals surface area contributed by atoms with Gasteiger partial charge < -0.3 is 9.30 Å². The number of carbonyl (C=O) groups is 2. The zero-order valence-electron chi connectivity index (χ0n) is 16.1. The molecule has 152 valence electrons. The smallest absolute Gasteiger partial charge is 0.323 e. The molecule has 0 saturated carbocycles. The maximum atomic E-state index is 14.0. The van der Waals surface area contributed by atoms with Crippen molar-refractivity contribution in [1.29, 1.82) is 0 Å². The van der Waals surface area contributed by atoms with Crippen molar-refractivity contribution >= 4 is 34.9 Å². The Morgan fingerprint density at radius 2 is 2.07 bits per heavy atom. The molecular formula is C19H19FN4O3S2. The molecule has 0 radical (unpaired) electrons. The molecule has 1 atom stereocenters. The van der Waals surface area contributed by atoms with E-state index >= 15 is 0 Å². The Bertz CT molecular complexity index is 1030. The fraction of sp³-hybridized carbons (Fsp3) is 0.316. The molecule has 0 aliphatic carbocycles. The monoisotopic (exact) mass is 434 g/mol. The number of hydrogen-bond acceptors (Lipinski definition) is 8. The van der Waals surface area contributed by atoms with Crippen LogP contribution in [0, 0.1) is 12.7 Å². The summed E-state index contributed by atoms with van der Waals surface area (Å²) in [5.74, 6) is -2.09. The van der Waals surface area contributed by atoms with Crippen LogP contribution in [0.1, 0.15) is 23.5 Å². The number of aromatic nitrogens is 4. The molecule has 1 unspecified atom stereocenters. The molecule has 0 aliphatic heterocycles. The van der Waals surface area contributed by atoms with Gasteiger partial charge in [-0.3, -0.25) is 9.59 Å². The van der Waals surface area contributed by atoms with E-state index in [1.54, 1.807) is 49.0 Å². The number of ketones is 1. The Morgan fingerprint density at radius 3 is 2.72 bits per heavy atom. The van der Waals surface area contributed by atoms with Crippen LogP contribution in [0.4, 0.5) is 4.39 Å². The molecular weight excluding hydrogens is 415 g/mol. The summed E-state index contributed by atoms with van der Waals surface area (Å²) in [5, 5.41) is 10.7. The quantitative estimate of drug-likeness (QED) is 0.305. The molecule has 0 spiro atoms. The third-order valence-corrected chi connectivity index (χ3v) is 6.09. The number of esters is 1. The average molecular weight is 435 g/mol. The summed E-state index contributed by atoms with van der Waals surface area (Å²) in [6.45, 7) is 3.66. The lowest BCUT2D eigenvalue weighted by molar-refractivity contribution is -0.147. The van der Waals surface area contributed by atoms with E-state index in [4.69, 9.17) is 4.74 Å². The number of halogens is 1. The summed E-state index contributed by atoms with van der Waals surface area (Å²) in [5.41, 5.74) is 1.06. The number of hydrogen-bond donors (Lipinski definition) is 0. The molecule has 0 N–H and O–H groups in total. The van der Waals surface area contributed by atoms with E-state index < -0.39 is 17.7 Å². The Kier molecular flexibility index (Phi) is 6.75. The zero-order chi connectivity index (χ0) is 21.0. The van der Waals surface area contributed by atoms with Crippen molar-refractivity contribution in [2.24, 2.45) is 7.05 Å². The Hall–Kier alpha value is -2.59. The molecule has 0 bridgehead atoms. The first-order valence-electron chi connectivity index (χ1n) is 8.80. The highest BCUT2D eigenvalue weighted by atomic mass is 32.2. The Balaban J connectivity index is 1.77. The SMILES string of the molecule is CCOC(=O)C(C(=O)CSc1nnc(-c2ccccc2F)n1C)c1nc(C)cs1. The zero-order valence-corrected chi connectivity index (χ0v) is 17.7. The minimum Gasteiger partial charge on any atom is -0.465 e. The topological polar surface area (TPSA) is 87.0 Å². The first kappa shape index (κ1) is 21.1. The van der Waals surface area contributed by atoms with Gasteiger partial charge in [0.25, 0.3) is 0 Å². The summed E-state index contributed by atoms with van der Waals surface area (Å²) in [7, 11) is 1.70. The van der Waals surface area contributed by atoms with E-state index in [-0.39, 0.29) is 18.1 Å². The number of thioether (sulfide) groups is 1. The van der Waals surface area contributed by atoms with Crippen molar-refractivity contribution in [1.82, 2.24) is 19.7 Å². The molecule has 1 aromatic carbocycles. The second kappa shape index (κ2) is 9.27. The highest BCUT2D eigenvalue weighted by Gasteiger charge is 2.32. The van der Waals surface area contributed by atoms with Crippen molar-refractivity contribution in [3.63, 3.8) is 0 Å². The van der Waals surface area contributed by atoms with Gasteiger partial charge in [0.05, 0.1) is 17.9 Å². The van der Waals surface area contributed by atoms with E-state index in [1.807, 2.05) is 0 Å². The highest BCUT2D eigenvalue weighted by Crippen LogP contribution is 2.28. The van der Waals surface area contributed by atoms with Crippen LogP contribution >= 0.6 is 23.1 Å². The van der Waals surface area contributed by atoms with Crippen LogP contribution < -0.4 is 0 Å². The number of nitrogens with zero attached hydrogens (tertiary/aromatic N) is 4. The van der Waals surface area contributed by atoms with Crippen LogP contribution in [0.2, 0.25) is 0 Å². The number of benzene rings is 1. The molecule has 0 aliphatic rings. The minimum absolute atomic E-state index is 0.0225. The van der Waals surface area contributed by atoms with Gasteiger partial charge in [-0.05, 0) is 26.0 Å². The van der Waals surface area contributed by atoms with Crippen LogP contribution in [0.15, 0.2) is 34.8 Å². The van der Waals surface area contributed by atoms with E-state index in [1.165, 1.54) is 17.4 Å². The number of Topliss-reactive ketones (excluding diaryl/α,β-unsaturated/α-hetero) is 1. The molecule has 10 heteroatoms. The molecule has 7 nitrogen and oxygen atoms in total. The lowest BCUT2D eigenvalue weighted by Crippen LogP contribution is -2.25. The van der Waals surface area contributed by atoms with Crippen LogP contribution in [-0.4, -0.2) is 43.9 Å². The van der Waals surface area contributed by atoms with E-state index in [9.17, 15) is 14.0 Å². The van der Waals surface area contributed by atoms with Gasteiger partial charge in [-0.1, -0.05) is 23.9 Å². The van der Waals surface area contributed by atoms with Crippen LogP contribution in [0.25, 0.3) is 11.4 Å². The minimum atomic E-state index is -1.07. The third-order valence-electron chi connectivity index (χ3n) is 4.02. The van der Waals surface area contributed by atoms with Gasteiger partial charge in [-0.2, -0.15) is 0 Å². The largest absolute Gasteiger partial charge is 0.465 e. The molecule has 3 aromatic rings. The Labute approximate surface area is 175 Å². The van der Waals surface area contributed by atoms with Crippen molar-refractivity contribution in [2.45, 2.75) is 24.9 Å². The fourth-order valence-electron chi connectivity index (χ4n) is 2.64. The molecule has 2 heterocycles. The predicted molar refractivity (Wildman–Crippen MR) is 108 cm³/mol. The fourth-order valence-corrected chi connectivity index (χ4v) is 4.36. The summed E-state index contributed by atoms with van der Waals surface area (Å²) >= 11 is 2.38. The standard InChI is InChI=1S/C19H19FN4O3S2/c1-4-27-18(26)15(17-21-11(2)9-28-17)14(25)10-29-19-23-22-16(24(19)3)12-7-5-6-8-13(12)20/h5-9,15H,4,10H2,1-3H3. The summed E-state index contributed by atoms with van der Waals surface area (Å²) in [6, 6.07) is 6.27. The van der Waals surface area contributed by atoms with Gasteiger partial charge in [0.2, 0.25) is 0 Å². The van der Waals surface area contributed by atoms with Gasteiger partial charge >= 0.3 is 5.97 Å². The molecule has 0 fully saturated rings. The van der Waals surface area contributed by atoms with Crippen molar-refractivity contribution < 1.29 is 18.7 Å². The molecule has 3 rings (SSSR count). The molecule has 2 aromatic heterocycles. The maximum absolute atomic E-state index is 14.0. The second-order valence-corrected chi connectivity index (χ2v) is 7.94. The first-order valence-corrected chi connectivity index (χ1v) is 10.7. The van der Waals surface area contributed by atoms with Crippen LogP contribution in [-0.2, 0) is 21.4 Å². The van der Waals surface area contributed by atoms with Gasteiger partial charge in [0, 0.05) is 18.1 Å². The van der Waals surface area contributed by atoms with Crippen LogP contribution in [0.3, 0.4) is 0 Å². The van der Waals surface area contributed by atoms with Gasteiger partial charge in [-0.15, -0.1) is 21.5 Å². The van der Waals surface area contributed by atoms with Crippen molar-refractivity contribution in [3.05, 3.63) is 46.2 Å². The highest BCUT2D eigenvalue weighted by molar-refractivity contribution is 7.99. The number of thiazole rings is 1. The maximum Gasteiger partial charge on any atom is 0.323 e. The lowest BCUT2D eigenvalue weighted by atomic mass is 10.1. The van der Waals surface area contributed by atoms with E-state index in [0.717, 1.165) is 17.5 Å². The van der Waals surface area contributed by atoms with Gasteiger partial charge in [0.1, 0.15) is 10.8 Å². The first-order chi connectivity index (χ1) is 13.9. The van der Waals surface area contributed by atoms with Crippen molar-refractivity contribution in [3.8, 4) is 11.4 Å². The lowest BCUT2D eigenvalue weighted by Gasteiger charge is -2.12. The Morgan fingerprint density at radius 1 is 1.31 bits per heavy atom. The number of carbonyl (C=O) groups excluding carboxylic acids is 2. The number of aryl methyl sites for hydroxylation is 1. The van der Waals surface area contributed by atoms with E-state index in [2.05, 4.69) is 15.2 Å². The summed E-state index contributed by atoms with van der Waals surface area (Å²) in [6.07, 6.45) is 0. The molecule has 0 saturated heterocycles. The predicted octanol–water partition coefficient (Wildman–Crippen LogP) is 3.39. The number of ether oxygens (including phenoxy) is 1. The summed E-state index contributed by atoms with van der Waals surface area (Å²) in [4.78, 5) is 29.4. The normalized spacial score (nSPS) is 12.0. The summed E-state index contributed by atoms with van der Waals surface area (Å²) < 4.78 is 20.7. The van der Waals surface area contributed by atoms with Gasteiger partial charge in [0.15, 0.2) is 22.7 Å². The average Bonchev–Trinajstić information content (AvgIpc) is 3.27. The third kappa shape index (κ3) is 4.70.